The van der Waals surface area contributed by atoms with Crippen molar-refractivity contribution in [2.45, 2.75) is 26.4 Å². The van der Waals surface area contributed by atoms with Crippen molar-refractivity contribution >= 4 is 11.5 Å². The Morgan fingerprint density at radius 1 is 1.50 bits per heavy atom. The van der Waals surface area contributed by atoms with Crippen molar-refractivity contribution in [3.8, 4) is 0 Å². The Kier molecular flexibility index (Phi) is 3.02. The van der Waals surface area contributed by atoms with Crippen LogP contribution in [0.3, 0.4) is 0 Å². The number of morpholine rings is 1. The monoisotopic (exact) mass is 254 g/mol. The number of hydrogen-bond acceptors (Lipinski definition) is 5. The molecule has 7 heteroatoms. The van der Waals surface area contributed by atoms with Crippen LogP contribution in [0.15, 0.2) is 0 Å². The van der Waals surface area contributed by atoms with Crippen molar-refractivity contribution in [2.24, 2.45) is 7.05 Å². The molecule has 1 aromatic rings. The van der Waals surface area contributed by atoms with Gasteiger partial charge in [-0.3, -0.25) is 10.1 Å². The largest absolute Gasteiger partial charge is 0.372 e. The normalized spacial score (nSPS) is 19.0. The predicted molar refractivity (Wildman–Crippen MR) is 66.8 cm³/mol. The van der Waals surface area contributed by atoms with Gasteiger partial charge in [0.2, 0.25) is 5.82 Å². The molecule has 0 spiro atoms. The van der Waals surface area contributed by atoms with Crippen LogP contribution in [0.4, 0.5) is 11.5 Å². The Bertz CT molecular complexity index is 481. The second kappa shape index (κ2) is 4.24. The summed E-state index contributed by atoms with van der Waals surface area (Å²) in [6.07, 6.45) is 0. The molecular formula is C11H18N4O3. The Labute approximate surface area is 105 Å². The van der Waals surface area contributed by atoms with Crippen LogP contribution in [-0.2, 0) is 11.8 Å². The molecule has 0 radical (unpaired) electrons. The molecule has 0 aliphatic carbocycles. The van der Waals surface area contributed by atoms with Gasteiger partial charge in [-0.15, -0.1) is 0 Å². The zero-order valence-electron chi connectivity index (χ0n) is 11.1. The molecule has 18 heavy (non-hydrogen) atoms. The summed E-state index contributed by atoms with van der Waals surface area (Å²) in [5, 5.41) is 15.3. The number of rotatable bonds is 2. The molecule has 0 atom stereocenters. The van der Waals surface area contributed by atoms with Gasteiger partial charge >= 0.3 is 5.69 Å². The van der Waals surface area contributed by atoms with E-state index in [0.29, 0.717) is 31.2 Å². The third-order valence-corrected chi connectivity index (χ3v) is 3.07. The van der Waals surface area contributed by atoms with Crippen molar-refractivity contribution in [1.29, 1.82) is 0 Å². The van der Waals surface area contributed by atoms with E-state index in [9.17, 15) is 10.1 Å². The number of nitro groups is 1. The van der Waals surface area contributed by atoms with E-state index in [2.05, 4.69) is 5.10 Å². The number of aromatic nitrogens is 2. The standard InChI is InChI=1S/C11H18N4O3/c1-8-9(15(16)17)10(13(4)12-8)14-5-6-18-11(2,3)7-14/h5-7H2,1-4H3. The first kappa shape index (κ1) is 12.8. The summed E-state index contributed by atoms with van der Waals surface area (Å²) in [7, 11) is 1.73. The van der Waals surface area contributed by atoms with E-state index >= 15 is 0 Å². The highest BCUT2D eigenvalue weighted by atomic mass is 16.6. The molecule has 2 rings (SSSR count). The molecular weight excluding hydrogens is 236 g/mol. The molecule has 0 N–H and O–H groups in total. The maximum Gasteiger partial charge on any atom is 0.333 e. The highest BCUT2D eigenvalue weighted by Crippen LogP contribution is 2.33. The number of aryl methyl sites for hydroxylation is 2. The summed E-state index contributed by atoms with van der Waals surface area (Å²) in [4.78, 5) is 12.8. The average Bonchev–Trinajstić information content (AvgIpc) is 2.51. The molecule has 1 saturated heterocycles. The Morgan fingerprint density at radius 2 is 2.17 bits per heavy atom. The van der Waals surface area contributed by atoms with Gasteiger partial charge in [0.05, 0.1) is 17.1 Å². The number of anilines is 1. The third-order valence-electron chi connectivity index (χ3n) is 3.07. The molecule has 0 bridgehead atoms. The van der Waals surface area contributed by atoms with Gasteiger partial charge in [-0.25, -0.2) is 4.68 Å². The van der Waals surface area contributed by atoms with Gasteiger partial charge in [0, 0.05) is 20.1 Å². The fourth-order valence-corrected chi connectivity index (χ4v) is 2.40. The van der Waals surface area contributed by atoms with Crippen LogP contribution in [0.2, 0.25) is 0 Å². The molecule has 7 nitrogen and oxygen atoms in total. The summed E-state index contributed by atoms with van der Waals surface area (Å²) < 4.78 is 7.20. The molecule has 0 saturated carbocycles. The summed E-state index contributed by atoms with van der Waals surface area (Å²) in [5.41, 5.74) is 0.238. The maximum absolute atomic E-state index is 11.2. The lowest BCUT2D eigenvalue weighted by Crippen LogP contribution is -2.49. The molecule has 100 valence electrons. The van der Waals surface area contributed by atoms with E-state index < -0.39 is 0 Å². The second-order valence-corrected chi connectivity index (χ2v) is 5.17. The zero-order chi connectivity index (χ0) is 13.5. The van der Waals surface area contributed by atoms with Crippen molar-refractivity contribution < 1.29 is 9.66 Å². The number of ether oxygens (including phenoxy) is 1. The summed E-state index contributed by atoms with van der Waals surface area (Å²) in [5.74, 6) is 0.564. The van der Waals surface area contributed by atoms with Crippen molar-refractivity contribution in [2.75, 3.05) is 24.6 Å². The van der Waals surface area contributed by atoms with Gasteiger partial charge in [0.15, 0.2) is 0 Å². The van der Waals surface area contributed by atoms with Crippen LogP contribution in [-0.4, -0.2) is 40.0 Å². The first-order valence-electron chi connectivity index (χ1n) is 5.89. The van der Waals surface area contributed by atoms with Gasteiger partial charge in [-0.1, -0.05) is 0 Å². The Balaban J connectivity index is 2.41. The van der Waals surface area contributed by atoms with E-state index in [4.69, 9.17) is 4.74 Å². The Morgan fingerprint density at radius 3 is 2.72 bits per heavy atom. The molecule has 0 amide bonds. The third kappa shape index (κ3) is 2.17. The number of hydrogen-bond donors (Lipinski definition) is 0. The first-order chi connectivity index (χ1) is 8.32. The Hall–Kier alpha value is -1.63. The van der Waals surface area contributed by atoms with E-state index in [0.717, 1.165) is 0 Å². The van der Waals surface area contributed by atoms with Crippen molar-refractivity contribution in [3.63, 3.8) is 0 Å². The summed E-state index contributed by atoms with van der Waals surface area (Å²) in [6, 6.07) is 0. The van der Waals surface area contributed by atoms with Gasteiger partial charge in [0.1, 0.15) is 5.69 Å². The van der Waals surface area contributed by atoms with Crippen molar-refractivity contribution in [1.82, 2.24) is 9.78 Å². The first-order valence-corrected chi connectivity index (χ1v) is 5.89. The fourth-order valence-electron chi connectivity index (χ4n) is 2.40. The lowest BCUT2D eigenvalue weighted by molar-refractivity contribution is -0.384. The van der Waals surface area contributed by atoms with Crippen LogP contribution in [0, 0.1) is 17.0 Å². The smallest absolute Gasteiger partial charge is 0.333 e. The minimum absolute atomic E-state index is 0.0928. The highest BCUT2D eigenvalue weighted by Gasteiger charge is 2.34. The summed E-state index contributed by atoms with van der Waals surface area (Å²) in [6.45, 7) is 7.44. The average molecular weight is 254 g/mol. The second-order valence-electron chi connectivity index (χ2n) is 5.17. The molecule has 1 aliphatic heterocycles. The van der Waals surface area contributed by atoms with Gasteiger partial charge in [-0.05, 0) is 20.8 Å². The summed E-state index contributed by atoms with van der Waals surface area (Å²) >= 11 is 0. The molecule has 0 unspecified atom stereocenters. The van der Waals surface area contributed by atoms with Gasteiger partial charge in [-0.2, -0.15) is 5.10 Å². The van der Waals surface area contributed by atoms with Crippen LogP contribution in [0.5, 0.6) is 0 Å². The van der Waals surface area contributed by atoms with Crippen LogP contribution < -0.4 is 4.90 Å². The quantitative estimate of drug-likeness (QED) is 0.586. The zero-order valence-corrected chi connectivity index (χ0v) is 11.1. The predicted octanol–water partition coefficient (Wildman–Crippen LogP) is 1.25. The SMILES string of the molecule is Cc1nn(C)c(N2CCOC(C)(C)C2)c1[N+](=O)[O-]. The van der Waals surface area contributed by atoms with Gasteiger partial charge < -0.3 is 9.64 Å². The van der Waals surface area contributed by atoms with Crippen molar-refractivity contribution in [3.05, 3.63) is 15.8 Å². The molecule has 1 fully saturated rings. The minimum atomic E-state index is -0.361. The van der Waals surface area contributed by atoms with Crippen LogP contribution >= 0.6 is 0 Å². The molecule has 1 aromatic heterocycles. The van der Waals surface area contributed by atoms with E-state index in [1.165, 1.54) is 0 Å². The molecule has 1 aliphatic rings. The van der Waals surface area contributed by atoms with Crippen LogP contribution in [0.1, 0.15) is 19.5 Å². The van der Waals surface area contributed by atoms with Crippen LogP contribution in [0.25, 0.3) is 0 Å². The minimum Gasteiger partial charge on any atom is -0.372 e. The fraction of sp³-hybridized carbons (Fsp3) is 0.727. The lowest BCUT2D eigenvalue weighted by Gasteiger charge is -2.38. The topological polar surface area (TPSA) is 73.4 Å². The van der Waals surface area contributed by atoms with Gasteiger partial charge in [0.25, 0.3) is 0 Å². The van der Waals surface area contributed by atoms with E-state index in [1.807, 2.05) is 18.7 Å². The molecule has 2 heterocycles. The maximum atomic E-state index is 11.2. The molecule has 0 aromatic carbocycles. The van der Waals surface area contributed by atoms with E-state index in [1.54, 1.807) is 18.7 Å². The lowest BCUT2D eigenvalue weighted by atomic mass is 10.1. The van der Waals surface area contributed by atoms with E-state index in [-0.39, 0.29) is 16.2 Å². The highest BCUT2D eigenvalue weighted by molar-refractivity contribution is 5.61. The number of nitrogens with zero attached hydrogens (tertiary/aromatic N) is 4.